The van der Waals surface area contributed by atoms with E-state index in [1.54, 1.807) is 0 Å². The van der Waals surface area contributed by atoms with Gasteiger partial charge in [0.25, 0.3) is 0 Å². The summed E-state index contributed by atoms with van der Waals surface area (Å²) in [5.41, 5.74) is 8.42. The van der Waals surface area contributed by atoms with E-state index in [4.69, 9.17) is 15.0 Å². The van der Waals surface area contributed by atoms with Gasteiger partial charge < -0.3 is 4.57 Å². The first kappa shape index (κ1) is 29.0. The maximum atomic E-state index is 5.22. The summed E-state index contributed by atoms with van der Waals surface area (Å²) in [4.78, 5) is 15.5. The highest BCUT2D eigenvalue weighted by Crippen LogP contribution is 2.39. The minimum absolute atomic E-state index is 0.623. The third kappa shape index (κ3) is 4.96. The van der Waals surface area contributed by atoms with E-state index in [2.05, 4.69) is 180 Å². The van der Waals surface area contributed by atoms with Crippen LogP contribution in [-0.4, -0.2) is 19.5 Å². The standard InChI is InChI=1S/C47H30N4/c1-2-12-31(13-3-1)33-22-25-35(26-23-33)45-48-46(37-27-24-32-14-4-5-16-36(32)30-37)50-47(49-45)40-19-9-11-21-42(40)51-41-20-10-8-18-39(41)44-38-17-7-6-15-34(38)28-29-43(44)51/h1-30H. The van der Waals surface area contributed by atoms with Crippen molar-refractivity contribution in [3.8, 4) is 51.0 Å². The third-order valence-electron chi connectivity index (χ3n) is 9.84. The zero-order valence-electron chi connectivity index (χ0n) is 27.6. The van der Waals surface area contributed by atoms with E-state index < -0.39 is 0 Å². The van der Waals surface area contributed by atoms with Crippen LogP contribution in [-0.2, 0) is 0 Å². The van der Waals surface area contributed by atoms with Gasteiger partial charge in [0, 0.05) is 27.5 Å². The predicted molar refractivity (Wildman–Crippen MR) is 211 cm³/mol. The molecule has 4 heteroatoms. The second-order valence-corrected chi connectivity index (χ2v) is 12.9. The van der Waals surface area contributed by atoms with Crippen LogP contribution >= 0.6 is 0 Å². The number of nitrogens with zero attached hydrogens (tertiary/aromatic N) is 4. The Morgan fingerprint density at radius 1 is 0.333 bits per heavy atom. The van der Waals surface area contributed by atoms with Gasteiger partial charge in [-0.05, 0) is 63.0 Å². The van der Waals surface area contributed by atoms with Gasteiger partial charge in [0.15, 0.2) is 17.5 Å². The topological polar surface area (TPSA) is 43.6 Å². The maximum Gasteiger partial charge on any atom is 0.166 e. The summed E-state index contributed by atoms with van der Waals surface area (Å²) in [5.74, 6) is 1.89. The molecule has 0 aliphatic carbocycles. The minimum atomic E-state index is 0.623. The molecule has 0 amide bonds. The van der Waals surface area contributed by atoms with Gasteiger partial charge in [-0.1, -0.05) is 152 Å². The Labute approximate surface area is 295 Å². The Kier molecular flexibility index (Phi) is 6.78. The highest BCUT2D eigenvalue weighted by molar-refractivity contribution is 6.21. The van der Waals surface area contributed by atoms with Crippen molar-refractivity contribution in [3.63, 3.8) is 0 Å². The lowest BCUT2D eigenvalue weighted by Gasteiger charge is -2.15. The molecule has 238 valence electrons. The van der Waals surface area contributed by atoms with Crippen molar-refractivity contribution in [1.29, 1.82) is 0 Å². The summed E-state index contributed by atoms with van der Waals surface area (Å²) in [6, 6.07) is 63.9. The number of aromatic nitrogens is 4. The van der Waals surface area contributed by atoms with E-state index in [-0.39, 0.29) is 0 Å². The van der Waals surface area contributed by atoms with Crippen LogP contribution in [0.4, 0.5) is 0 Å². The number of para-hydroxylation sites is 2. The van der Waals surface area contributed by atoms with Crippen LogP contribution in [0.3, 0.4) is 0 Å². The summed E-state index contributed by atoms with van der Waals surface area (Å²) in [7, 11) is 0. The van der Waals surface area contributed by atoms with Crippen molar-refractivity contribution >= 4 is 43.4 Å². The number of fused-ring (bicyclic) bond motifs is 6. The van der Waals surface area contributed by atoms with Crippen LogP contribution in [0.25, 0.3) is 94.3 Å². The molecule has 0 saturated heterocycles. The van der Waals surface area contributed by atoms with Gasteiger partial charge in [-0.15, -0.1) is 0 Å². The Hall–Kier alpha value is -6.91. The Balaban J connectivity index is 1.20. The quantitative estimate of drug-likeness (QED) is 0.186. The third-order valence-corrected chi connectivity index (χ3v) is 9.84. The molecule has 0 radical (unpaired) electrons. The second-order valence-electron chi connectivity index (χ2n) is 12.9. The molecule has 10 aromatic rings. The van der Waals surface area contributed by atoms with Gasteiger partial charge in [-0.25, -0.2) is 15.0 Å². The molecule has 8 aromatic carbocycles. The lowest BCUT2D eigenvalue weighted by Crippen LogP contribution is -2.03. The number of hydrogen-bond acceptors (Lipinski definition) is 3. The molecular weight excluding hydrogens is 621 g/mol. The molecule has 0 unspecified atom stereocenters. The molecule has 0 fully saturated rings. The predicted octanol–water partition coefficient (Wildman–Crippen LogP) is 11.9. The fourth-order valence-electron chi connectivity index (χ4n) is 7.38. The molecule has 2 heterocycles. The molecule has 4 nitrogen and oxygen atoms in total. The summed E-state index contributed by atoms with van der Waals surface area (Å²) >= 11 is 0. The summed E-state index contributed by atoms with van der Waals surface area (Å²) in [6.45, 7) is 0. The summed E-state index contributed by atoms with van der Waals surface area (Å²) in [6.07, 6.45) is 0. The SMILES string of the molecule is c1ccc(-c2ccc(-c3nc(-c4ccc5ccccc5c4)nc(-c4ccccc4-n4c5ccccc5c5c6ccccc6ccc54)n3)cc2)cc1. The first-order valence-electron chi connectivity index (χ1n) is 17.2. The Bertz CT molecular complexity index is 2910. The van der Waals surface area contributed by atoms with Crippen molar-refractivity contribution in [2.24, 2.45) is 0 Å². The van der Waals surface area contributed by atoms with Gasteiger partial charge >= 0.3 is 0 Å². The highest BCUT2D eigenvalue weighted by Gasteiger charge is 2.20. The van der Waals surface area contributed by atoms with E-state index in [1.165, 1.54) is 32.5 Å². The van der Waals surface area contributed by atoms with Crippen molar-refractivity contribution in [2.75, 3.05) is 0 Å². The zero-order valence-corrected chi connectivity index (χ0v) is 27.6. The molecule has 0 spiro atoms. The largest absolute Gasteiger partial charge is 0.308 e. The Morgan fingerprint density at radius 2 is 0.902 bits per heavy atom. The Morgan fingerprint density at radius 3 is 1.75 bits per heavy atom. The van der Waals surface area contributed by atoms with Crippen LogP contribution in [0.5, 0.6) is 0 Å². The van der Waals surface area contributed by atoms with Crippen LogP contribution in [0.1, 0.15) is 0 Å². The van der Waals surface area contributed by atoms with E-state index in [0.29, 0.717) is 17.5 Å². The van der Waals surface area contributed by atoms with E-state index in [1.807, 2.05) is 6.07 Å². The molecule has 51 heavy (non-hydrogen) atoms. The van der Waals surface area contributed by atoms with E-state index in [0.717, 1.165) is 44.4 Å². The van der Waals surface area contributed by atoms with Crippen LogP contribution in [0.2, 0.25) is 0 Å². The van der Waals surface area contributed by atoms with E-state index >= 15 is 0 Å². The monoisotopic (exact) mass is 650 g/mol. The van der Waals surface area contributed by atoms with Gasteiger partial charge in [0.2, 0.25) is 0 Å². The number of hydrogen-bond donors (Lipinski definition) is 0. The molecule has 0 bridgehead atoms. The molecule has 2 aromatic heterocycles. The molecular formula is C47H30N4. The fourth-order valence-corrected chi connectivity index (χ4v) is 7.38. The van der Waals surface area contributed by atoms with Crippen LogP contribution < -0.4 is 0 Å². The molecule has 0 aliphatic heterocycles. The first-order chi connectivity index (χ1) is 25.3. The maximum absolute atomic E-state index is 5.22. The molecule has 0 atom stereocenters. The van der Waals surface area contributed by atoms with E-state index in [9.17, 15) is 0 Å². The van der Waals surface area contributed by atoms with Crippen molar-refractivity contribution in [3.05, 3.63) is 182 Å². The second kappa shape index (κ2) is 11.9. The molecule has 0 saturated carbocycles. The first-order valence-corrected chi connectivity index (χ1v) is 17.2. The average molecular weight is 651 g/mol. The lowest BCUT2D eigenvalue weighted by atomic mass is 10.0. The van der Waals surface area contributed by atoms with Crippen molar-refractivity contribution in [1.82, 2.24) is 19.5 Å². The lowest BCUT2D eigenvalue weighted by molar-refractivity contribution is 1.06. The summed E-state index contributed by atoms with van der Waals surface area (Å²) < 4.78 is 2.36. The van der Waals surface area contributed by atoms with Gasteiger partial charge in [-0.3, -0.25) is 0 Å². The minimum Gasteiger partial charge on any atom is -0.308 e. The molecule has 10 rings (SSSR count). The number of rotatable bonds is 5. The average Bonchev–Trinajstić information content (AvgIpc) is 3.55. The van der Waals surface area contributed by atoms with Crippen molar-refractivity contribution in [2.45, 2.75) is 0 Å². The smallest absolute Gasteiger partial charge is 0.166 e. The molecule has 0 N–H and O–H groups in total. The zero-order chi connectivity index (χ0) is 33.7. The summed E-state index contributed by atoms with van der Waals surface area (Å²) in [5, 5.41) is 7.24. The van der Waals surface area contributed by atoms with Crippen LogP contribution in [0, 0.1) is 0 Å². The van der Waals surface area contributed by atoms with Crippen LogP contribution in [0.15, 0.2) is 182 Å². The van der Waals surface area contributed by atoms with Gasteiger partial charge in [0.05, 0.1) is 16.7 Å². The number of benzene rings is 8. The van der Waals surface area contributed by atoms with Crippen molar-refractivity contribution < 1.29 is 0 Å². The van der Waals surface area contributed by atoms with Gasteiger partial charge in [-0.2, -0.15) is 0 Å². The fraction of sp³-hybridized carbons (Fsp3) is 0. The molecule has 0 aliphatic rings. The highest BCUT2D eigenvalue weighted by atomic mass is 15.1. The normalized spacial score (nSPS) is 11.5. The van der Waals surface area contributed by atoms with Gasteiger partial charge in [0.1, 0.15) is 0 Å².